The van der Waals surface area contributed by atoms with Gasteiger partial charge in [-0.3, -0.25) is 0 Å². The van der Waals surface area contributed by atoms with Crippen LogP contribution in [0.3, 0.4) is 0 Å². The van der Waals surface area contributed by atoms with E-state index in [2.05, 4.69) is 15.5 Å². The summed E-state index contributed by atoms with van der Waals surface area (Å²) < 4.78 is 40.0. The van der Waals surface area contributed by atoms with Crippen molar-refractivity contribution in [3.05, 3.63) is 11.7 Å². The van der Waals surface area contributed by atoms with Gasteiger partial charge >= 0.3 is 5.51 Å². The van der Waals surface area contributed by atoms with E-state index < -0.39 is 5.51 Å². The standard InChI is InChI=1S/C8H12F3N3OS/c1-6-13-7(15-14-6)2-3-12-4-5-16-8(9,10)11/h12H,2-5H2,1H3. The van der Waals surface area contributed by atoms with Gasteiger partial charge in [0.05, 0.1) is 0 Å². The van der Waals surface area contributed by atoms with Gasteiger partial charge in [-0.25, -0.2) is 0 Å². The topological polar surface area (TPSA) is 51.0 Å². The molecular formula is C8H12F3N3OS. The first-order chi connectivity index (χ1) is 7.47. The van der Waals surface area contributed by atoms with Crippen LogP contribution >= 0.6 is 11.8 Å². The highest BCUT2D eigenvalue weighted by molar-refractivity contribution is 8.00. The van der Waals surface area contributed by atoms with Crippen molar-refractivity contribution in [1.29, 1.82) is 0 Å². The molecule has 0 aliphatic heterocycles. The van der Waals surface area contributed by atoms with Crippen LogP contribution in [0.4, 0.5) is 13.2 Å². The van der Waals surface area contributed by atoms with E-state index in [1.807, 2.05) is 0 Å². The largest absolute Gasteiger partial charge is 0.441 e. The summed E-state index contributed by atoms with van der Waals surface area (Å²) in [6.45, 7) is 2.54. The van der Waals surface area contributed by atoms with Crippen LogP contribution in [0.25, 0.3) is 0 Å². The van der Waals surface area contributed by atoms with Crippen molar-refractivity contribution in [2.75, 3.05) is 18.8 Å². The zero-order chi connectivity index (χ0) is 12.0. The first-order valence-corrected chi connectivity index (χ1v) is 5.66. The number of alkyl halides is 3. The van der Waals surface area contributed by atoms with Crippen LogP contribution < -0.4 is 5.32 Å². The van der Waals surface area contributed by atoms with E-state index >= 15 is 0 Å². The van der Waals surface area contributed by atoms with Gasteiger partial charge in [0.25, 0.3) is 0 Å². The minimum absolute atomic E-state index is 0.00631. The average molecular weight is 255 g/mol. The van der Waals surface area contributed by atoms with Gasteiger partial charge in [0, 0.05) is 25.3 Å². The molecule has 8 heteroatoms. The zero-order valence-corrected chi connectivity index (χ0v) is 9.49. The monoisotopic (exact) mass is 255 g/mol. The van der Waals surface area contributed by atoms with E-state index in [0.29, 0.717) is 31.2 Å². The van der Waals surface area contributed by atoms with Gasteiger partial charge in [-0.15, -0.1) is 0 Å². The molecule has 0 unspecified atom stereocenters. The Morgan fingerprint density at radius 2 is 2.12 bits per heavy atom. The Bertz CT molecular complexity index is 316. The number of aryl methyl sites for hydroxylation is 1. The molecule has 0 atom stereocenters. The molecule has 4 nitrogen and oxygen atoms in total. The maximum absolute atomic E-state index is 11.7. The van der Waals surface area contributed by atoms with Crippen molar-refractivity contribution in [2.45, 2.75) is 18.9 Å². The Kier molecular flexibility index (Phi) is 5.07. The molecule has 0 spiro atoms. The van der Waals surface area contributed by atoms with Crippen LogP contribution in [0.5, 0.6) is 0 Å². The number of nitrogens with zero attached hydrogens (tertiary/aromatic N) is 2. The SMILES string of the molecule is Cc1noc(CCNCCSC(F)(F)F)n1. The first-order valence-electron chi connectivity index (χ1n) is 4.68. The van der Waals surface area contributed by atoms with Gasteiger partial charge in [0.1, 0.15) is 0 Å². The Labute approximate surface area is 95.0 Å². The second-order valence-corrected chi connectivity index (χ2v) is 4.19. The summed E-state index contributed by atoms with van der Waals surface area (Å²) in [6.07, 6.45) is 0.525. The lowest BCUT2D eigenvalue weighted by molar-refractivity contribution is -0.0327. The number of hydrogen-bond donors (Lipinski definition) is 1. The van der Waals surface area contributed by atoms with E-state index in [9.17, 15) is 13.2 Å². The Balaban J connectivity index is 2.00. The highest BCUT2D eigenvalue weighted by Gasteiger charge is 2.27. The molecule has 16 heavy (non-hydrogen) atoms. The molecule has 0 aliphatic rings. The second-order valence-electron chi connectivity index (χ2n) is 3.03. The molecule has 0 saturated carbocycles. The van der Waals surface area contributed by atoms with Gasteiger partial charge < -0.3 is 9.84 Å². The molecule has 0 bridgehead atoms. The van der Waals surface area contributed by atoms with Crippen LogP contribution in [0, 0.1) is 6.92 Å². The molecule has 1 N–H and O–H groups in total. The van der Waals surface area contributed by atoms with E-state index in [0.717, 1.165) is 0 Å². The summed E-state index contributed by atoms with van der Waals surface area (Å²) in [4.78, 5) is 3.96. The lowest BCUT2D eigenvalue weighted by Crippen LogP contribution is -2.21. The fourth-order valence-electron chi connectivity index (χ4n) is 1.00. The number of thioether (sulfide) groups is 1. The van der Waals surface area contributed by atoms with Gasteiger partial charge in [-0.05, 0) is 18.7 Å². The van der Waals surface area contributed by atoms with E-state index in [1.165, 1.54) is 0 Å². The zero-order valence-electron chi connectivity index (χ0n) is 8.67. The number of nitrogens with one attached hydrogen (secondary N) is 1. The molecule has 1 heterocycles. The lowest BCUT2D eigenvalue weighted by Gasteiger charge is -2.05. The molecule has 1 rings (SSSR count). The summed E-state index contributed by atoms with van der Waals surface area (Å²) in [6, 6.07) is 0. The van der Waals surface area contributed by atoms with Gasteiger partial charge in [0.15, 0.2) is 5.82 Å². The lowest BCUT2D eigenvalue weighted by atomic mass is 10.4. The highest BCUT2D eigenvalue weighted by Crippen LogP contribution is 2.29. The van der Waals surface area contributed by atoms with Gasteiger partial charge in [0.2, 0.25) is 5.89 Å². The molecule has 0 aliphatic carbocycles. The van der Waals surface area contributed by atoms with E-state index in [1.54, 1.807) is 6.92 Å². The van der Waals surface area contributed by atoms with Crippen LogP contribution in [-0.4, -0.2) is 34.5 Å². The normalized spacial score (nSPS) is 12.0. The third kappa shape index (κ3) is 5.96. The van der Waals surface area contributed by atoms with Crippen molar-refractivity contribution >= 4 is 11.8 Å². The average Bonchev–Trinajstić information content (AvgIpc) is 2.56. The van der Waals surface area contributed by atoms with Crippen LogP contribution in [0.1, 0.15) is 11.7 Å². The summed E-state index contributed by atoms with van der Waals surface area (Å²) in [7, 11) is 0. The third-order valence-electron chi connectivity index (χ3n) is 1.63. The van der Waals surface area contributed by atoms with Crippen LogP contribution in [0.2, 0.25) is 0 Å². The van der Waals surface area contributed by atoms with E-state index in [4.69, 9.17) is 4.52 Å². The van der Waals surface area contributed by atoms with E-state index in [-0.39, 0.29) is 17.5 Å². The first kappa shape index (κ1) is 13.3. The molecule has 0 amide bonds. The van der Waals surface area contributed by atoms with Crippen LogP contribution in [0.15, 0.2) is 4.52 Å². The Hall–Kier alpha value is -0.760. The fourth-order valence-corrected chi connectivity index (χ4v) is 1.48. The molecule has 0 saturated heterocycles. The quantitative estimate of drug-likeness (QED) is 0.785. The summed E-state index contributed by atoms with van der Waals surface area (Å²) in [5.41, 5.74) is -4.15. The molecular weight excluding hydrogens is 243 g/mol. The van der Waals surface area contributed by atoms with Crippen molar-refractivity contribution in [3.63, 3.8) is 0 Å². The molecule has 1 aromatic rings. The molecule has 92 valence electrons. The van der Waals surface area contributed by atoms with Crippen molar-refractivity contribution in [3.8, 4) is 0 Å². The second kappa shape index (κ2) is 6.09. The van der Waals surface area contributed by atoms with Crippen molar-refractivity contribution in [2.24, 2.45) is 0 Å². The molecule has 0 aromatic carbocycles. The minimum atomic E-state index is -4.15. The number of halogens is 3. The smallest absolute Gasteiger partial charge is 0.339 e. The summed E-state index contributed by atoms with van der Waals surface area (Å²) >= 11 is -0.0300. The molecule has 0 radical (unpaired) electrons. The molecule has 0 fully saturated rings. The number of rotatable bonds is 6. The Morgan fingerprint density at radius 3 is 2.69 bits per heavy atom. The number of aromatic nitrogens is 2. The maximum Gasteiger partial charge on any atom is 0.441 e. The van der Waals surface area contributed by atoms with Crippen molar-refractivity contribution in [1.82, 2.24) is 15.5 Å². The fraction of sp³-hybridized carbons (Fsp3) is 0.750. The predicted molar refractivity (Wildman–Crippen MR) is 54.1 cm³/mol. The Morgan fingerprint density at radius 1 is 1.38 bits per heavy atom. The summed E-state index contributed by atoms with van der Waals surface area (Å²) in [5, 5.41) is 6.46. The summed E-state index contributed by atoms with van der Waals surface area (Å²) in [5.74, 6) is 1.06. The van der Waals surface area contributed by atoms with Gasteiger partial charge in [-0.1, -0.05) is 5.16 Å². The molecule has 1 aromatic heterocycles. The third-order valence-corrected chi connectivity index (χ3v) is 2.37. The van der Waals surface area contributed by atoms with Crippen molar-refractivity contribution < 1.29 is 17.7 Å². The predicted octanol–water partition coefficient (Wildman–Crippen LogP) is 1.76. The van der Waals surface area contributed by atoms with Crippen LogP contribution in [-0.2, 0) is 6.42 Å². The number of hydrogen-bond acceptors (Lipinski definition) is 5. The van der Waals surface area contributed by atoms with Gasteiger partial charge in [-0.2, -0.15) is 18.2 Å². The highest BCUT2D eigenvalue weighted by atomic mass is 32.2. The maximum atomic E-state index is 11.7. The minimum Gasteiger partial charge on any atom is -0.339 e.